The van der Waals surface area contributed by atoms with E-state index in [2.05, 4.69) is 4.98 Å². The number of aromatic nitrogens is 1. The van der Waals surface area contributed by atoms with E-state index in [1.54, 1.807) is 20.0 Å². The Bertz CT molecular complexity index is 316. The Morgan fingerprint density at radius 1 is 1.50 bits per heavy atom. The standard InChI is InChI=1S/C11H17NO2/c1-5-14-10-6-8(2)9(7-12-10)11(3,4)13/h6-7,13H,5H2,1-4H3. The molecular formula is C11H17NO2. The fraction of sp³-hybridized carbons (Fsp3) is 0.545. The first-order valence-electron chi connectivity index (χ1n) is 4.77. The summed E-state index contributed by atoms with van der Waals surface area (Å²) >= 11 is 0. The Morgan fingerprint density at radius 2 is 2.14 bits per heavy atom. The molecule has 0 amide bonds. The zero-order valence-corrected chi connectivity index (χ0v) is 9.16. The van der Waals surface area contributed by atoms with Crippen LogP contribution in [0.3, 0.4) is 0 Å². The van der Waals surface area contributed by atoms with E-state index in [1.165, 1.54) is 0 Å². The highest BCUT2D eigenvalue weighted by Gasteiger charge is 2.19. The minimum absolute atomic E-state index is 0.605. The normalized spacial score (nSPS) is 11.5. The van der Waals surface area contributed by atoms with Gasteiger partial charge < -0.3 is 9.84 Å². The molecular weight excluding hydrogens is 178 g/mol. The number of pyridine rings is 1. The number of hydrogen-bond acceptors (Lipinski definition) is 3. The average molecular weight is 195 g/mol. The third-order valence-corrected chi connectivity index (χ3v) is 2.04. The molecule has 0 bridgehead atoms. The van der Waals surface area contributed by atoms with E-state index >= 15 is 0 Å². The van der Waals surface area contributed by atoms with Crippen LogP contribution in [0.5, 0.6) is 5.88 Å². The Balaban J connectivity index is 3.02. The van der Waals surface area contributed by atoms with Crippen LogP contribution in [0.25, 0.3) is 0 Å². The molecule has 0 spiro atoms. The Morgan fingerprint density at radius 3 is 2.57 bits per heavy atom. The van der Waals surface area contributed by atoms with E-state index in [1.807, 2.05) is 19.9 Å². The van der Waals surface area contributed by atoms with Crippen LogP contribution >= 0.6 is 0 Å². The molecule has 3 heteroatoms. The van der Waals surface area contributed by atoms with Gasteiger partial charge in [0.05, 0.1) is 12.2 Å². The summed E-state index contributed by atoms with van der Waals surface area (Å²) in [5, 5.41) is 9.81. The molecule has 0 saturated carbocycles. The molecule has 78 valence electrons. The lowest BCUT2D eigenvalue weighted by molar-refractivity contribution is 0.0774. The van der Waals surface area contributed by atoms with Gasteiger partial charge >= 0.3 is 0 Å². The predicted molar refractivity (Wildman–Crippen MR) is 55.4 cm³/mol. The molecule has 1 heterocycles. The molecule has 0 saturated heterocycles. The molecule has 0 radical (unpaired) electrons. The van der Waals surface area contributed by atoms with Gasteiger partial charge in [-0.25, -0.2) is 4.98 Å². The van der Waals surface area contributed by atoms with Crippen molar-refractivity contribution in [2.24, 2.45) is 0 Å². The molecule has 1 aromatic rings. The lowest BCUT2D eigenvalue weighted by Gasteiger charge is -2.20. The summed E-state index contributed by atoms with van der Waals surface area (Å²) in [5.41, 5.74) is 0.985. The van der Waals surface area contributed by atoms with Gasteiger partial charge in [0.2, 0.25) is 5.88 Å². The van der Waals surface area contributed by atoms with Crippen LogP contribution in [-0.2, 0) is 5.60 Å². The second-order valence-electron chi connectivity index (χ2n) is 3.83. The highest BCUT2D eigenvalue weighted by Crippen LogP contribution is 2.24. The largest absolute Gasteiger partial charge is 0.478 e. The maximum Gasteiger partial charge on any atom is 0.213 e. The fourth-order valence-corrected chi connectivity index (χ4v) is 1.40. The number of aryl methyl sites for hydroxylation is 1. The zero-order chi connectivity index (χ0) is 10.8. The summed E-state index contributed by atoms with van der Waals surface area (Å²) in [6, 6.07) is 1.84. The Kier molecular flexibility index (Phi) is 3.11. The maximum absolute atomic E-state index is 9.81. The van der Waals surface area contributed by atoms with Gasteiger partial charge in [0.15, 0.2) is 0 Å². The molecule has 1 aromatic heterocycles. The predicted octanol–water partition coefficient (Wildman–Crippen LogP) is 2.02. The van der Waals surface area contributed by atoms with Crippen molar-refractivity contribution in [3.05, 3.63) is 23.4 Å². The first kappa shape index (κ1) is 11.0. The van der Waals surface area contributed by atoms with E-state index < -0.39 is 5.60 Å². The number of rotatable bonds is 3. The maximum atomic E-state index is 9.81. The van der Waals surface area contributed by atoms with E-state index in [9.17, 15) is 5.11 Å². The fourth-order valence-electron chi connectivity index (χ4n) is 1.40. The van der Waals surface area contributed by atoms with Crippen LogP contribution in [-0.4, -0.2) is 16.7 Å². The van der Waals surface area contributed by atoms with Crippen LogP contribution in [0, 0.1) is 6.92 Å². The summed E-state index contributed by atoms with van der Waals surface area (Å²) in [6.07, 6.45) is 1.67. The van der Waals surface area contributed by atoms with Crippen molar-refractivity contribution < 1.29 is 9.84 Å². The first-order chi connectivity index (χ1) is 6.45. The highest BCUT2D eigenvalue weighted by molar-refractivity contribution is 5.31. The summed E-state index contributed by atoms with van der Waals surface area (Å²) in [4.78, 5) is 4.11. The zero-order valence-electron chi connectivity index (χ0n) is 9.16. The lowest BCUT2D eigenvalue weighted by atomic mass is 9.96. The summed E-state index contributed by atoms with van der Waals surface area (Å²) in [5.74, 6) is 0.609. The van der Waals surface area contributed by atoms with Crippen LogP contribution in [0.15, 0.2) is 12.3 Å². The number of nitrogens with zero attached hydrogens (tertiary/aromatic N) is 1. The second kappa shape index (κ2) is 3.96. The van der Waals surface area contributed by atoms with Crippen LogP contribution in [0.1, 0.15) is 31.9 Å². The smallest absolute Gasteiger partial charge is 0.213 e. The average Bonchev–Trinajstić information content (AvgIpc) is 2.02. The van der Waals surface area contributed by atoms with E-state index in [-0.39, 0.29) is 0 Å². The van der Waals surface area contributed by atoms with Crippen molar-refractivity contribution in [3.8, 4) is 5.88 Å². The summed E-state index contributed by atoms with van der Waals surface area (Å²) in [7, 11) is 0. The summed E-state index contributed by atoms with van der Waals surface area (Å²) < 4.78 is 5.26. The molecule has 0 aliphatic carbocycles. The Labute approximate surface area is 84.7 Å². The highest BCUT2D eigenvalue weighted by atomic mass is 16.5. The van der Waals surface area contributed by atoms with Crippen molar-refractivity contribution in [1.82, 2.24) is 4.98 Å². The van der Waals surface area contributed by atoms with Crippen molar-refractivity contribution in [2.45, 2.75) is 33.3 Å². The number of aliphatic hydroxyl groups is 1. The van der Waals surface area contributed by atoms with Gasteiger partial charge in [-0.05, 0) is 33.3 Å². The minimum Gasteiger partial charge on any atom is -0.478 e. The van der Waals surface area contributed by atoms with E-state index in [0.717, 1.165) is 11.1 Å². The molecule has 1 rings (SSSR count). The quantitative estimate of drug-likeness (QED) is 0.802. The summed E-state index contributed by atoms with van der Waals surface area (Å²) in [6.45, 7) is 7.96. The van der Waals surface area contributed by atoms with Crippen molar-refractivity contribution in [3.63, 3.8) is 0 Å². The molecule has 14 heavy (non-hydrogen) atoms. The molecule has 0 aromatic carbocycles. The van der Waals surface area contributed by atoms with Gasteiger partial charge in [0.1, 0.15) is 0 Å². The molecule has 0 aliphatic rings. The molecule has 0 aliphatic heterocycles. The SMILES string of the molecule is CCOc1cc(C)c(C(C)(C)O)cn1. The first-order valence-corrected chi connectivity index (χ1v) is 4.77. The van der Waals surface area contributed by atoms with Gasteiger partial charge in [-0.2, -0.15) is 0 Å². The molecule has 0 fully saturated rings. The minimum atomic E-state index is -0.845. The third kappa shape index (κ3) is 2.45. The molecule has 3 nitrogen and oxygen atoms in total. The Hall–Kier alpha value is -1.09. The topological polar surface area (TPSA) is 42.4 Å². The van der Waals surface area contributed by atoms with Gasteiger partial charge in [-0.15, -0.1) is 0 Å². The van der Waals surface area contributed by atoms with Crippen LogP contribution in [0.2, 0.25) is 0 Å². The van der Waals surface area contributed by atoms with E-state index in [4.69, 9.17) is 4.74 Å². The monoisotopic (exact) mass is 195 g/mol. The van der Waals surface area contributed by atoms with E-state index in [0.29, 0.717) is 12.5 Å². The van der Waals surface area contributed by atoms with Crippen LogP contribution in [0.4, 0.5) is 0 Å². The lowest BCUT2D eigenvalue weighted by Crippen LogP contribution is -2.17. The molecule has 1 N–H and O–H groups in total. The van der Waals surface area contributed by atoms with Gasteiger partial charge in [0.25, 0.3) is 0 Å². The molecule has 0 unspecified atom stereocenters. The van der Waals surface area contributed by atoms with Gasteiger partial charge in [-0.1, -0.05) is 0 Å². The van der Waals surface area contributed by atoms with Crippen LogP contribution < -0.4 is 4.74 Å². The number of ether oxygens (including phenoxy) is 1. The van der Waals surface area contributed by atoms with Crippen molar-refractivity contribution in [1.29, 1.82) is 0 Å². The van der Waals surface area contributed by atoms with Gasteiger partial charge in [-0.3, -0.25) is 0 Å². The third-order valence-electron chi connectivity index (χ3n) is 2.04. The second-order valence-corrected chi connectivity index (χ2v) is 3.83. The molecule has 0 atom stereocenters. The number of hydrogen-bond donors (Lipinski definition) is 1. The van der Waals surface area contributed by atoms with Crippen molar-refractivity contribution in [2.75, 3.05) is 6.61 Å². The van der Waals surface area contributed by atoms with Gasteiger partial charge in [0, 0.05) is 17.8 Å². The van der Waals surface area contributed by atoms with Crippen molar-refractivity contribution >= 4 is 0 Å².